The molecule has 1 aromatic heterocycles. The van der Waals surface area contributed by atoms with Crippen molar-refractivity contribution in [2.75, 3.05) is 26.3 Å². The van der Waals surface area contributed by atoms with Crippen LogP contribution in [0.5, 0.6) is 0 Å². The number of fused-ring (bicyclic) bond motifs is 1. The summed E-state index contributed by atoms with van der Waals surface area (Å²) in [6.07, 6.45) is 0. The first kappa shape index (κ1) is 21.9. The van der Waals surface area contributed by atoms with Crippen molar-refractivity contribution in [3.8, 4) is 0 Å². The van der Waals surface area contributed by atoms with Crippen LogP contribution in [-0.2, 0) is 27.1 Å². The highest BCUT2D eigenvalue weighted by atomic mass is 32.2. The average molecular weight is 463 g/mol. The van der Waals surface area contributed by atoms with E-state index >= 15 is 0 Å². The molecule has 1 aliphatic rings. The molecule has 3 aromatic rings. The van der Waals surface area contributed by atoms with E-state index in [4.69, 9.17) is 4.74 Å². The van der Waals surface area contributed by atoms with Crippen molar-refractivity contribution in [1.29, 1.82) is 0 Å². The van der Waals surface area contributed by atoms with Crippen LogP contribution in [0.15, 0.2) is 42.5 Å². The number of halogens is 1. The molecule has 0 bridgehead atoms. The number of ether oxygens (including phenoxy) is 1. The Bertz CT molecular complexity index is 1220. The Hall–Kier alpha value is -2.33. The maximum absolute atomic E-state index is 14.1. The molecule has 0 radical (unpaired) electrons. The fraction of sp³-hybridized carbons (Fsp3) is 0.318. The number of morpholine rings is 1. The molecule has 0 spiro atoms. The Morgan fingerprint density at radius 1 is 1.13 bits per heavy atom. The fourth-order valence-corrected chi connectivity index (χ4v) is 6.41. The lowest BCUT2D eigenvalue weighted by Crippen LogP contribution is -2.41. The Balaban J connectivity index is 1.50. The van der Waals surface area contributed by atoms with E-state index in [0.29, 0.717) is 47.7 Å². The molecule has 1 N–H and O–H groups in total. The number of nitrogens with zero attached hydrogens (tertiary/aromatic N) is 1. The van der Waals surface area contributed by atoms with Crippen LogP contribution >= 0.6 is 11.3 Å². The first-order chi connectivity index (χ1) is 14.9. The van der Waals surface area contributed by atoms with Crippen molar-refractivity contribution in [2.24, 2.45) is 0 Å². The van der Waals surface area contributed by atoms with E-state index in [2.05, 4.69) is 5.32 Å². The third-order valence-corrected chi connectivity index (χ3v) is 8.45. The molecule has 0 saturated carbocycles. The highest BCUT2D eigenvalue weighted by Gasteiger charge is 2.25. The third-order valence-electron chi connectivity index (χ3n) is 5.37. The molecule has 4 rings (SSSR count). The van der Waals surface area contributed by atoms with Gasteiger partial charge in [-0.2, -0.15) is 4.31 Å². The maximum Gasteiger partial charge on any atom is 0.261 e. The summed E-state index contributed by atoms with van der Waals surface area (Å²) < 4.78 is 47.1. The molecule has 1 saturated heterocycles. The number of sulfonamides is 1. The number of hydrogen-bond acceptors (Lipinski definition) is 5. The lowest BCUT2D eigenvalue weighted by molar-refractivity contribution is 0.0729. The average Bonchev–Trinajstić information content (AvgIpc) is 3.11. The molecule has 1 aliphatic heterocycles. The molecule has 31 heavy (non-hydrogen) atoms. The second kappa shape index (κ2) is 9.04. The topological polar surface area (TPSA) is 75.7 Å². The van der Waals surface area contributed by atoms with Gasteiger partial charge in [0.25, 0.3) is 5.91 Å². The van der Waals surface area contributed by atoms with E-state index in [1.54, 1.807) is 31.2 Å². The van der Waals surface area contributed by atoms with Crippen molar-refractivity contribution in [1.82, 2.24) is 9.62 Å². The number of amides is 1. The number of rotatable bonds is 6. The normalized spacial score (nSPS) is 15.3. The Morgan fingerprint density at radius 2 is 1.84 bits per heavy atom. The van der Waals surface area contributed by atoms with E-state index in [-0.39, 0.29) is 24.0 Å². The lowest BCUT2D eigenvalue weighted by atomic mass is 10.1. The van der Waals surface area contributed by atoms with Gasteiger partial charge in [-0.1, -0.05) is 30.3 Å². The predicted molar refractivity (Wildman–Crippen MR) is 119 cm³/mol. The Kier molecular flexibility index (Phi) is 6.38. The number of aryl methyl sites for hydroxylation is 1. The van der Waals surface area contributed by atoms with Crippen molar-refractivity contribution < 1.29 is 22.3 Å². The van der Waals surface area contributed by atoms with Gasteiger partial charge < -0.3 is 10.1 Å². The highest BCUT2D eigenvalue weighted by molar-refractivity contribution is 7.88. The Labute approximate surface area is 184 Å². The van der Waals surface area contributed by atoms with E-state index in [1.165, 1.54) is 21.7 Å². The number of thiophene rings is 1. The minimum atomic E-state index is -3.48. The van der Waals surface area contributed by atoms with Crippen molar-refractivity contribution in [3.63, 3.8) is 0 Å². The number of carbonyl (C=O) groups excluding carboxylic acids is 1. The van der Waals surface area contributed by atoms with Crippen LogP contribution in [0.1, 0.15) is 26.4 Å². The minimum absolute atomic E-state index is 0.133. The van der Waals surface area contributed by atoms with Crippen molar-refractivity contribution in [2.45, 2.75) is 19.2 Å². The second-order valence-electron chi connectivity index (χ2n) is 7.39. The van der Waals surface area contributed by atoms with Crippen LogP contribution in [0.25, 0.3) is 10.1 Å². The fourth-order valence-electron chi connectivity index (χ4n) is 3.71. The molecule has 9 heteroatoms. The quantitative estimate of drug-likeness (QED) is 0.609. The second-order valence-corrected chi connectivity index (χ2v) is 10.4. The molecule has 1 fully saturated rings. The van der Waals surface area contributed by atoms with Gasteiger partial charge >= 0.3 is 0 Å². The summed E-state index contributed by atoms with van der Waals surface area (Å²) >= 11 is 1.25. The van der Waals surface area contributed by atoms with Crippen LogP contribution < -0.4 is 5.32 Å². The predicted octanol–water partition coefficient (Wildman–Crippen LogP) is 3.44. The standard InChI is InChI=1S/C22H23FN2O4S2/c1-15-20-18(23)7-4-8-19(20)30-21(15)22(26)24-13-16-5-2-3-6-17(16)14-31(27,28)25-9-11-29-12-10-25/h2-8H,9-14H2,1H3,(H,24,26). The van der Waals surface area contributed by atoms with Crippen LogP contribution in [0.4, 0.5) is 4.39 Å². The summed E-state index contributed by atoms with van der Waals surface area (Å²) in [5, 5.41) is 3.33. The van der Waals surface area contributed by atoms with Gasteiger partial charge in [0, 0.05) is 29.7 Å². The van der Waals surface area contributed by atoms with Gasteiger partial charge in [0.05, 0.1) is 23.8 Å². The van der Waals surface area contributed by atoms with E-state index < -0.39 is 10.0 Å². The smallest absolute Gasteiger partial charge is 0.261 e. The summed E-state index contributed by atoms with van der Waals surface area (Å²) in [6, 6.07) is 12.0. The maximum atomic E-state index is 14.1. The van der Waals surface area contributed by atoms with E-state index in [9.17, 15) is 17.6 Å². The van der Waals surface area contributed by atoms with E-state index in [0.717, 1.165) is 10.3 Å². The van der Waals surface area contributed by atoms with E-state index in [1.807, 2.05) is 12.1 Å². The molecule has 0 aliphatic carbocycles. The zero-order chi connectivity index (χ0) is 22.0. The number of hydrogen-bond donors (Lipinski definition) is 1. The van der Waals surface area contributed by atoms with Gasteiger partial charge in [-0.05, 0) is 35.7 Å². The molecule has 6 nitrogen and oxygen atoms in total. The number of carbonyl (C=O) groups is 1. The van der Waals surface area contributed by atoms with Gasteiger partial charge in [0.15, 0.2) is 0 Å². The van der Waals surface area contributed by atoms with Gasteiger partial charge in [0.2, 0.25) is 10.0 Å². The SMILES string of the molecule is Cc1c(C(=O)NCc2ccccc2CS(=O)(=O)N2CCOCC2)sc2cccc(F)c12. The molecule has 0 unspecified atom stereocenters. The van der Waals surface area contributed by atoms with Crippen LogP contribution in [-0.4, -0.2) is 44.9 Å². The number of nitrogens with one attached hydrogen (secondary N) is 1. The summed E-state index contributed by atoms with van der Waals surface area (Å²) in [4.78, 5) is 13.3. The van der Waals surface area contributed by atoms with Gasteiger partial charge in [-0.3, -0.25) is 4.79 Å². The summed E-state index contributed by atoms with van der Waals surface area (Å²) in [5.74, 6) is -0.778. The molecule has 2 aromatic carbocycles. The van der Waals surface area contributed by atoms with Gasteiger partial charge in [-0.15, -0.1) is 11.3 Å². The zero-order valence-electron chi connectivity index (χ0n) is 17.1. The van der Waals surface area contributed by atoms with Gasteiger partial charge in [-0.25, -0.2) is 12.8 Å². The monoisotopic (exact) mass is 462 g/mol. The first-order valence-corrected chi connectivity index (χ1v) is 12.4. The highest BCUT2D eigenvalue weighted by Crippen LogP contribution is 2.32. The van der Waals surface area contributed by atoms with Gasteiger partial charge in [0.1, 0.15) is 5.82 Å². The Morgan fingerprint density at radius 3 is 2.55 bits per heavy atom. The minimum Gasteiger partial charge on any atom is -0.379 e. The molecular weight excluding hydrogens is 439 g/mol. The van der Waals surface area contributed by atoms with Crippen LogP contribution in [0.3, 0.4) is 0 Å². The lowest BCUT2D eigenvalue weighted by Gasteiger charge is -2.26. The molecular formula is C22H23FN2O4S2. The largest absolute Gasteiger partial charge is 0.379 e. The van der Waals surface area contributed by atoms with Crippen LogP contribution in [0.2, 0.25) is 0 Å². The third kappa shape index (κ3) is 4.64. The van der Waals surface area contributed by atoms with Crippen molar-refractivity contribution in [3.05, 3.63) is 69.8 Å². The summed E-state index contributed by atoms with van der Waals surface area (Å²) in [7, 11) is -3.48. The molecule has 1 amide bonds. The number of benzene rings is 2. The van der Waals surface area contributed by atoms with Crippen molar-refractivity contribution >= 4 is 37.4 Å². The first-order valence-electron chi connectivity index (χ1n) is 9.95. The molecule has 0 atom stereocenters. The summed E-state index contributed by atoms with van der Waals surface area (Å²) in [6.45, 7) is 3.41. The van der Waals surface area contributed by atoms with Crippen LogP contribution in [0, 0.1) is 12.7 Å². The molecule has 164 valence electrons. The molecule has 2 heterocycles. The summed E-state index contributed by atoms with van der Waals surface area (Å²) in [5.41, 5.74) is 1.99. The zero-order valence-corrected chi connectivity index (χ0v) is 18.7.